The van der Waals surface area contributed by atoms with E-state index in [1.165, 1.54) is 16.7 Å². The molecule has 0 N–H and O–H groups in total. The largest absolute Gasteiger partial charge is 0.331 e. The van der Waals surface area contributed by atoms with E-state index in [0.717, 1.165) is 23.4 Å². The Morgan fingerprint density at radius 1 is 0.931 bits per heavy atom. The minimum Gasteiger partial charge on any atom is -0.297 e. The SMILES string of the molecule is CCn1c2c(c(=O)n(Cc3ccccc3)c1=O)CN(Cc1cccc(F)c1)CC2. The Bertz CT molecular complexity index is 1140. The number of benzene rings is 2. The number of fused-ring (bicyclic) bond motifs is 1. The maximum Gasteiger partial charge on any atom is 0.331 e. The lowest BCUT2D eigenvalue weighted by atomic mass is 10.0. The Hall–Kier alpha value is -2.99. The van der Waals surface area contributed by atoms with Gasteiger partial charge in [-0.2, -0.15) is 0 Å². The number of nitrogens with zero attached hydrogens (tertiary/aromatic N) is 3. The van der Waals surface area contributed by atoms with Crippen LogP contribution in [0.15, 0.2) is 64.2 Å². The summed E-state index contributed by atoms with van der Waals surface area (Å²) in [7, 11) is 0. The molecule has 1 aliphatic rings. The van der Waals surface area contributed by atoms with Gasteiger partial charge in [0, 0.05) is 38.3 Å². The molecule has 0 unspecified atom stereocenters. The van der Waals surface area contributed by atoms with Gasteiger partial charge in [-0.15, -0.1) is 0 Å². The lowest BCUT2D eigenvalue weighted by Crippen LogP contribution is -2.47. The Kier molecular flexibility index (Phi) is 5.45. The van der Waals surface area contributed by atoms with Gasteiger partial charge in [0.15, 0.2) is 0 Å². The summed E-state index contributed by atoms with van der Waals surface area (Å²) in [5.41, 5.74) is 2.83. The fourth-order valence-electron chi connectivity index (χ4n) is 4.07. The van der Waals surface area contributed by atoms with Crippen molar-refractivity contribution < 1.29 is 4.39 Å². The van der Waals surface area contributed by atoms with Crippen molar-refractivity contribution in [2.75, 3.05) is 6.54 Å². The van der Waals surface area contributed by atoms with E-state index < -0.39 is 0 Å². The maximum atomic E-state index is 13.5. The molecule has 5 nitrogen and oxygen atoms in total. The Labute approximate surface area is 168 Å². The molecule has 29 heavy (non-hydrogen) atoms. The first kappa shape index (κ1) is 19.3. The van der Waals surface area contributed by atoms with Gasteiger partial charge in [-0.25, -0.2) is 9.18 Å². The van der Waals surface area contributed by atoms with Gasteiger partial charge < -0.3 is 0 Å². The maximum absolute atomic E-state index is 13.5. The van der Waals surface area contributed by atoms with E-state index in [1.54, 1.807) is 10.6 Å². The van der Waals surface area contributed by atoms with E-state index in [4.69, 9.17) is 0 Å². The molecule has 0 atom stereocenters. The van der Waals surface area contributed by atoms with Gasteiger partial charge in [-0.1, -0.05) is 42.5 Å². The molecule has 4 rings (SSSR count). The molecule has 0 amide bonds. The zero-order valence-corrected chi connectivity index (χ0v) is 16.5. The third kappa shape index (κ3) is 3.93. The first-order valence-corrected chi connectivity index (χ1v) is 9.93. The summed E-state index contributed by atoms with van der Waals surface area (Å²) in [6, 6.07) is 16.1. The average Bonchev–Trinajstić information content (AvgIpc) is 2.73. The highest BCUT2D eigenvalue weighted by Gasteiger charge is 2.25. The van der Waals surface area contributed by atoms with E-state index in [9.17, 15) is 14.0 Å². The number of halogens is 1. The highest BCUT2D eigenvalue weighted by atomic mass is 19.1. The molecule has 0 saturated carbocycles. The van der Waals surface area contributed by atoms with Crippen LogP contribution < -0.4 is 11.2 Å². The van der Waals surface area contributed by atoms with E-state index in [-0.39, 0.29) is 23.6 Å². The van der Waals surface area contributed by atoms with Crippen molar-refractivity contribution in [2.45, 2.75) is 39.5 Å². The van der Waals surface area contributed by atoms with Gasteiger partial charge in [0.2, 0.25) is 0 Å². The third-order valence-electron chi connectivity index (χ3n) is 5.48. The fraction of sp³-hybridized carbons (Fsp3) is 0.304. The second kappa shape index (κ2) is 8.17. The van der Waals surface area contributed by atoms with Crippen LogP contribution in [-0.4, -0.2) is 20.6 Å². The van der Waals surface area contributed by atoms with Crippen molar-refractivity contribution in [1.82, 2.24) is 14.0 Å². The van der Waals surface area contributed by atoms with Crippen LogP contribution in [0.25, 0.3) is 0 Å². The molecule has 150 valence electrons. The Balaban J connectivity index is 1.70. The topological polar surface area (TPSA) is 47.2 Å². The summed E-state index contributed by atoms with van der Waals surface area (Å²) < 4.78 is 16.6. The standard InChI is InChI=1S/C23H24FN3O2/c1-2-26-21-11-12-25(14-18-9-6-10-19(24)13-18)16-20(21)22(28)27(23(26)29)15-17-7-4-3-5-8-17/h3-10,13H,2,11-12,14-16H2,1H3. The highest BCUT2D eigenvalue weighted by Crippen LogP contribution is 2.18. The van der Waals surface area contributed by atoms with Crippen LogP contribution in [0.5, 0.6) is 0 Å². The van der Waals surface area contributed by atoms with E-state index in [2.05, 4.69) is 4.90 Å². The van der Waals surface area contributed by atoms with Crippen molar-refractivity contribution in [3.05, 3.63) is 104 Å². The second-order valence-corrected chi connectivity index (χ2v) is 7.42. The summed E-state index contributed by atoms with van der Waals surface area (Å²) in [4.78, 5) is 28.3. The zero-order valence-electron chi connectivity index (χ0n) is 16.5. The first-order chi connectivity index (χ1) is 14.1. The van der Waals surface area contributed by atoms with Crippen LogP contribution in [-0.2, 0) is 32.6 Å². The summed E-state index contributed by atoms with van der Waals surface area (Å²) in [5.74, 6) is -0.259. The van der Waals surface area contributed by atoms with Crippen LogP contribution in [0, 0.1) is 5.82 Å². The molecule has 0 saturated heterocycles. The summed E-state index contributed by atoms with van der Waals surface area (Å²) in [6.45, 7) is 4.47. The highest BCUT2D eigenvalue weighted by molar-refractivity contribution is 5.24. The molecule has 3 aromatic rings. The van der Waals surface area contributed by atoms with E-state index in [1.807, 2.05) is 43.3 Å². The fourth-order valence-corrected chi connectivity index (χ4v) is 4.07. The molecule has 0 aliphatic carbocycles. The summed E-state index contributed by atoms with van der Waals surface area (Å²) in [6.07, 6.45) is 0.634. The van der Waals surface area contributed by atoms with Crippen LogP contribution in [0.2, 0.25) is 0 Å². The van der Waals surface area contributed by atoms with E-state index >= 15 is 0 Å². The van der Waals surface area contributed by atoms with Gasteiger partial charge in [0.1, 0.15) is 5.82 Å². The Morgan fingerprint density at radius 2 is 1.69 bits per heavy atom. The number of hydrogen-bond acceptors (Lipinski definition) is 3. The van der Waals surface area contributed by atoms with Crippen molar-refractivity contribution >= 4 is 0 Å². The monoisotopic (exact) mass is 393 g/mol. The molecule has 0 radical (unpaired) electrons. The molecule has 6 heteroatoms. The quantitative estimate of drug-likeness (QED) is 0.670. The van der Waals surface area contributed by atoms with Gasteiger partial charge in [0.25, 0.3) is 5.56 Å². The van der Waals surface area contributed by atoms with Crippen molar-refractivity contribution in [3.8, 4) is 0 Å². The molecule has 2 aromatic carbocycles. The third-order valence-corrected chi connectivity index (χ3v) is 5.48. The minimum atomic E-state index is -0.259. The van der Waals surface area contributed by atoms with Gasteiger partial charge in [-0.3, -0.25) is 18.8 Å². The minimum absolute atomic E-state index is 0.220. The lowest BCUT2D eigenvalue weighted by Gasteiger charge is -2.30. The summed E-state index contributed by atoms with van der Waals surface area (Å²) >= 11 is 0. The molecular weight excluding hydrogens is 369 g/mol. The predicted molar refractivity (Wildman–Crippen MR) is 110 cm³/mol. The summed E-state index contributed by atoms with van der Waals surface area (Å²) in [5, 5.41) is 0. The van der Waals surface area contributed by atoms with E-state index in [0.29, 0.717) is 31.6 Å². The van der Waals surface area contributed by atoms with Crippen LogP contribution in [0.1, 0.15) is 29.3 Å². The van der Waals surface area contributed by atoms with Crippen LogP contribution in [0.3, 0.4) is 0 Å². The molecular formula is C23H24FN3O2. The molecule has 1 aliphatic heterocycles. The normalized spacial score (nSPS) is 14.0. The van der Waals surface area contributed by atoms with Crippen molar-refractivity contribution in [2.24, 2.45) is 0 Å². The van der Waals surface area contributed by atoms with Crippen molar-refractivity contribution in [1.29, 1.82) is 0 Å². The number of rotatable bonds is 5. The van der Waals surface area contributed by atoms with Gasteiger partial charge in [0.05, 0.1) is 12.1 Å². The van der Waals surface area contributed by atoms with Gasteiger partial charge >= 0.3 is 5.69 Å². The molecule has 0 spiro atoms. The van der Waals surface area contributed by atoms with Crippen molar-refractivity contribution in [3.63, 3.8) is 0 Å². The molecule has 0 fully saturated rings. The number of hydrogen-bond donors (Lipinski definition) is 0. The molecule has 1 aromatic heterocycles. The molecule has 0 bridgehead atoms. The second-order valence-electron chi connectivity index (χ2n) is 7.42. The number of aromatic nitrogens is 2. The average molecular weight is 393 g/mol. The molecule has 2 heterocycles. The first-order valence-electron chi connectivity index (χ1n) is 9.93. The van der Waals surface area contributed by atoms with Crippen LogP contribution >= 0.6 is 0 Å². The lowest BCUT2D eigenvalue weighted by molar-refractivity contribution is 0.236. The predicted octanol–water partition coefficient (Wildman–Crippen LogP) is 2.78. The Morgan fingerprint density at radius 3 is 2.41 bits per heavy atom. The van der Waals surface area contributed by atoms with Gasteiger partial charge in [-0.05, 0) is 30.2 Å². The smallest absolute Gasteiger partial charge is 0.297 e. The van der Waals surface area contributed by atoms with Crippen LogP contribution in [0.4, 0.5) is 4.39 Å². The zero-order chi connectivity index (χ0) is 20.4.